The molecule has 0 aromatic carbocycles. The summed E-state index contributed by atoms with van der Waals surface area (Å²) in [5.74, 6) is 2.00. The smallest absolute Gasteiger partial charge is 1.00 e. The number of hydrogen-bond acceptors (Lipinski definition) is 0. The van der Waals surface area contributed by atoms with E-state index in [0.717, 1.165) is 22.6 Å². The summed E-state index contributed by atoms with van der Waals surface area (Å²) in [5, 5.41) is 0. The molecule has 202 valence electrons. The summed E-state index contributed by atoms with van der Waals surface area (Å²) in [6.07, 6.45) is 34.0. The maximum atomic E-state index is 2.95. The summed E-state index contributed by atoms with van der Waals surface area (Å²) in [6.45, 7) is 11.0. The fourth-order valence-corrected chi connectivity index (χ4v) is 24.9. The molecule has 4 aliphatic rings. The van der Waals surface area contributed by atoms with Gasteiger partial charge in [0.05, 0.1) is 0 Å². The summed E-state index contributed by atoms with van der Waals surface area (Å²) >= 11 is 0. The Labute approximate surface area is 271 Å². The van der Waals surface area contributed by atoms with Gasteiger partial charge in [0.15, 0.2) is 0 Å². The Balaban J connectivity index is 0.00000342. The van der Waals surface area contributed by atoms with Crippen LogP contribution in [0.4, 0.5) is 0 Å². The number of hydrogen-bond donors (Lipinski definition) is 0. The van der Waals surface area contributed by atoms with Gasteiger partial charge in [-0.2, -0.15) is 0 Å². The van der Waals surface area contributed by atoms with Gasteiger partial charge in [-0.15, -0.1) is 0 Å². The van der Waals surface area contributed by atoms with E-state index < -0.39 is 13.2 Å². The van der Waals surface area contributed by atoms with Crippen LogP contribution in [0, 0.1) is 5.92 Å². The summed E-state index contributed by atoms with van der Waals surface area (Å²) in [6, 6.07) is 0. The van der Waals surface area contributed by atoms with Crippen molar-refractivity contribution in [1.82, 2.24) is 0 Å². The molecule has 0 spiro atoms. The van der Waals surface area contributed by atoms with Gasteiger partial charge in [-0.05, 0) is 0 Å². The normalized spacial score (nSPS) is 27.5. The van der Waals surface area contributed by atoms with Crippen LogP contribution < -0.4 is 58.2 Å². The molecule has 0 aromatic rings. The third-order valence-electron chi connectivity index (χ3n) is 12.6. The maximum Gasteiger partial charge on any atom is 1.00 e. The van der Waals surface area contributed by atoms with Crippen LogP contribution in [0.3, 0.4) is 0 Å². The zero-order valence-electron chi connectivity index (χ0n) is 25.3. The molecule has 35 heavy (non-hydrogen) atoms. The van der Waals surface area contributed by atoms with Gasteiger partial charge in [-0.1, -0.05) is 0 Å². The molecule has 0 heterocycles. The third kappa shape index (κ3) is 7.12. The minimum Gasteiger partial charge on any atom is 1.00 e. The topological polar surface area (TPSA) is 0 Å². The molecule has 4 aliphatic carbocycles. The molecule has 0 aliphatic heterocycles. The van der Waals surface area contributed by atoms with Crippen molar-refractivity contribution in [3.63, 3.8) is 0 Å². The van der Waals surface area contributed by atoms with Crippen LogP contribution in [0.5, 0.6) is 0 Å². The molecule has 0 nitrogen and oxygen atoms in total. The molecular weight excluding hydrogens is 532 g/mol. The molecule has 0 amide bonds. The second-order valence-electron chi connectivity index (χ2n) is 15.7. The van der Waals surface area contributed by atoms with E-state index in [0.29, 0.717) is 0 Å². The van der Waals surface area contributed by atoms with Crippen LogP contribution in [-0.2, 0) is 0 Å². The first-order chi connectivity index (χ1) is 16.1. The van der Waals surface area contributed by atoms with Gasteiger partial charge < -0.3 is 0 Å². The van der Waals surface area contributed by atoms with Gasteiger partial charge in [0, 0.05) is 0 Å². The Morgan fingerprint density at radius 3 is 0.829 bits per heavy atom. The SMILES string of the molecule is C[C-](CP(C)(C)(C1CCCCC1)C1CCCCC1)CP(C)(C)(C1CCCCC1)C1CCCCC1.[Rb+]. The Kier molecular flexibility index (Phi) is 12.0. The largest absolute Gasteiger partial charge is 1.00 e. The Bertz CT molecular complexity index is 546. The zero-order valence-corrected chi connectivity index (χ0v) is 32.0. The summed E-state index contributed by atoms with van der Waals surface area (Å²) in [4.78, 5) is 0. The van der Waals surface area contributed by atoms with Crippen molar-refractivity contribution in [3.05, 3.63) is 5.92 Å². The van der Waals surface area contributed by atoms with Gasteiger partial charge in [0.1, 0.15) is 0 Å². The average molecular weight is 595 g/mol. The Morgan fingerprint density at radius 1 is 0.429 bits per heavy atom. The van der Waals surface area contributed by atoms with Crippen molar-refractivity contribution < 1.29 is 58.2 Å². The van der Waals surface area contributed by atoms with E-state index in [-0.39, 0.29) is 58.2 Å². The van der Waals surface area contributed by atoms with Gasteiger partial charge >= 0.3 is 274 Å². The van der Waals surface area contributed by atoms with Crippen molar-refractivity contribution in [1.29, 1.82) is 0 Å². The summed E-state index contributed by atoms with van der Waals surface area (Å²) < 4.78 is 0. The van der Waals surface area contributed by atoms with Crippen LogP contribution >= 0.6 is 13.2 Å². The summed E-state index contributed by atoms with van der Waals surface area (Å²) in [5.41, 5.74) is 4.34. The van der Waals surface area contributed by atoms with Crippen LogP contribution in [0.1, 0.15) is 135 Å². The van der Waals surface area contributed by atoms with Crippen molar-refractivity contribution >= 4 is 13.2 Å². The predicted octanol–water partition coefficient (Wildman–Crippen LogP) is 7.54. The monoisotopic (exact) mass is 594 g/mol. The van der Waals surface area contributed by atoms with Crippen molar-refractivity contribution in [2.75, 3.05) is 39.0 Å². The minimum absolute atomic E-state index is 0. The molecule has 4 fully saturated rings. The van der Waals surface area contributed by atoms with Gasteiger partial charge in [0.2, 0.25) is 0 Å². The minimum atomic E-state index is -1.76. The molecule has 3 heteroatoms. The van der Waals surface area contributed by atoms with E-state index in [1.165, 1.54) is 77.0 Å². The molecular formula is C32H63P2Rb. The van der Waals surface area contributed by atoms with E-state index in [9.17, 15) is 0 Å². The molecule has 0 unspecified atom stereocenters. The fourth-order valence-electron chi connectivity index (χ4n) is 10.6. The molecule has 0 atom stereocenters. The summed E-state index contributed by atoms with van der Waals surface area (Å²) in [7, 11) is 0. The Morgan fingerprint density at radius 2 is 0.629 bits per heavy atom. The predicted molar refractivity (Wildman–Crippen MR) is 164 cm³/mol. The van der Waals surface area contributed by atoms with Crippen molar-refractivity contribution in [2.45, 2.75) is 158 Å². The van der Waals surface area contributed by atoms with Crippen molar-refractivity contribution in [2.24, 2.45) is 0 Å². The van der Waals surface area contributed by atoms with Crippen LogP contribution in [0.25, 0.3) is 0 Å². The average Bonchev–Trinajstić information content (AvgIpc) is 2.86. The van der Waals surface area contributed by atoms with Crippen LogP contribution in [0.15, 0.2) is 0 Å². The van der Waals surface area contributed by atoms with E-state index in [4.69, 9.17) is 0 Å². The fraction of sp³-hybridized carbons (Fsp3) is 0.969. The van der Waals surface area contributed by atoms with E-state index in [1.807, 2.05) is 5.92 Å². The second kappa shape index (κ2) is 13.1. The zero-order chi connectivity index (χ0) is 24.3. The molecule has 0 aromatic heterocycles. The first kappa shape index (κ1) is 32.2. The molecule has 0 saturated heterocycles. The first-order valence-corrected chi connectivity index (χ1v) is 22.8. The maximum absolute atomic E-state index is 2.95. The number of rotatable bonds is 8. The Hall–Kier alpha value is 2.67. The van der Waals surface area contributed by atoms with E-state index >= 15 is 0 Å². The van der Waals surface area contributed by atoms with E-state index in [1.54, 1.807) is 63.7 Å². The van der Waals surface area contributed by atoms with Gasteiger partial charge in [-0.3, -0.25) is 0 Å². The molecule has 0 radical (unpaired) electrons. The quantitative estimate of drug-likeness (QED) is 0.201. The van der Waals surface area contributed by atoms with Crippen LogP contribution in [-0.4, -0.2) is 61.6 Å². The van der Waals surface area contributed by atoms with Gasteiger partial charge in [0.25, 0.3) is 0 Å². The van der Waals surface area contributed by atoms with Crippen LogP contribution in [0.2, 0.25) is 0 Å². The standard InChI is InChI=1S/C32H63P2.Rb/c1-28(26-33(2,3,29-18-10-6-11-19-29)30-20-12-7-13-21-30)27-34(4,5,31-22-14-8-15-23-31)32-24-16-9-17-25-32;/h29-32H,6-27H2,1-5H3;/q-1;+1. The molecule has 0 N–H and O–H groups in total. The van der Waals surface area contributed by atoms with Gasteiger partial charge in [-0.25, -0.2) is 0 Å². The van der Waals surface area contributed by atoms with Crippen molar-refractivity contribution in [3.8, 4) is 0 Å². The molecule has 0 bridgehead atoms. The molecule has 4 rings (SSSR count). The third-order valence-corrected chi connectivity index (χ3v) is 27.4. The van der Waals surface area contributed by atoms with E-state index in [2.05, 4.69) is 33.6 Å². The molecule has 4 saturated carbocycles. The first-order valence-electron chi connectivity index (χ1n) is 15.9. The second-order valence-corrected chi connectivity index (χ2v) is 29.8.